The molecule has 1 aromatic rings. The number of ether oxygens (including phenoxy) is 1. The zero-order valence-corrected chi connectivity index (χ0v) is 12.3. The molecule has 1 aliphatic rings. The molecular formula is C14H17BrF2O2. The van der Waals surface area contributed by atoms with Crippen molar-refractivity contribution in [2.75, 3.05) is 6.61 Å². The maximum absolute atomic E-state index is 13.9. The van der Waals surface area contributed by atoms with E-state index in [1.807, 2.05) is 6.92 Å². The van der Waals surface area contributed by atoms with E-state index in [1.54, 1.807) is 0 Å². The second-order valence-corrected chi connectivity index (χ2v) is 5.70. The number of aliphatic hydroxyl groups excluding tert-OH is 1. The Morgan fingerprint density at radius 1 is 1.42 bits per heavy atom. The molecule has 106 valence electrons. The first-order valence-electron chi connectivity index (χ1n) is 6.46. The third kappa shape index (κ3) is 3.52. The van der Waals surface area contributed by atoms with Crippen molar-refractivity contribution in [1.29, 1.82) is 0 Å². The Morgan fingerprint density at radius 3 is 2.68 bits per heavy atom. The molecule has 1 fully saturated rings. The lowest BCUT2D eigenvalue weighted by molar-refractivity contribution is -0.0445. The van der Waals surface area contributed by atoms with E-state index in [2.05, 4.69) is 15.9 Å². The molecular weight excluding hydrogens is 318 g/mol. The van der Waals surface area contributed by atoms with Crippen molar-refractivity contribution in [3.63, 3.8) is 0 Å². The number of hydrogen-bond acceptors (Lipinski definition) is 2. The van der Waals surface area contributed by atoms with Crippen molar-refractivity contribution in [2.24, 2.45) is 5.92 Å². The van der Waals surface area contributed by atoms with Crippen molar-refractivity contribution in [2.45, 2.75) is 38.4 Å². The summed E-state index contributed by atoms with van der Waals surface area (Å²) in [6.07, 6.45) is 0.725. The molecule has 2 rings (SSSR count). The van der Waals surface area contributed by atoms with Crippen molar-refractivity contribution in [3.05, 3.63) is 33.8 Å². The lowest BCUT2D eigenvalue weighted by Gasteiger charge is -2.23. The summed E-state index contributed by atoms with van der Waals surface area (Å²) >= 11 is 3.02. The summed E-state index contributed by atoms with van der Waals surface area (Å²) in [5, 5.41) is 10.2. The number of rotatable bonds is 6. The van der Waals surface area contributed by atoms with Crippen LogP contribution in [0.15, 0.2) is 16.6 Å². The highest BCUT2D eigenvalue weighted by Gasteiger charge is 2.37. The average Bonchev–Trinajstić information content (AvgIpc) is 3.20. The van der Waals surface area contributed by atoms with Crippen LogP contribution in [-0.4, -0.2) is 23.9 Å². The van der Waals surface area contributed by atoms with Crippen LogP contribution in [0.2, 0.25) is 0 Å². The Morgan fingerprint density at radius 2 is 2.11 bits per heavy atom. The first-order chi connectivity index (χ1) is 9.04. The van der Waals surface area contributed by atoms with Gasteiger partial charge in [-0.1, -0.05) is 0 Å². The first-order valence-corrected chi connectivity index (χ1v) is 7.26. The fourth-order valence-corrected chi connectivity index (χ4v) is 2.63. The molecule has 0 amide bonds. The molecule has 5 heteroatoms. The van der Waals surface area contributed by atoms with Gasteiger partial charge in [0.25, 0.3) is 0 Å². The van der Waals surface area contributed by atoms with Crippen LogP contribution in [0.3, 0.4) is 0 Å². The Balaban J connectivity index is 2.13. The van der Waals surface area contributed by atoms with Crippen LogP contribution in [0.25, 0.3) is 0 Å². The molecule has 0 spiro atoms. The molecule has 0 aliphatic heterocycles. The third-order valence-electron chi connectivity index (χ3n) is 3.38. The van der Waals surface area contributed by atoms with Crippen molar-refractivity contribution < 1.29 is 18.6 Å². The summed E-state index contributed by atoms with van der Waals surface area (Å²) in [5.41, 5.74) is -0.0905. The predicted molar refractivity (Wildman–Crippen MR) is 71.9 cm³/mol. The Kier molecular flexibility index (Phi) is 4.92. The highest BCUT2D eigenvalue weighted by atomic mass is 79.9. The summed E-state index contributed by atoms with van der Waals surface area (Å²) < 4.78 is 33.2. The van der Waals surface area contributed by atoms with Gasteiger partial charge in [0.1, 0.15) is 11.6 Å². The molecule has 2 nitrogen and oxygen atoms in total. The smallest absolute Gasteiger partial charge is 0.143 e. The third-order valence-corrected chi connectivity index (χ3v) is 3.99. The maximum Gasteiger partial charge on any atom is 0.143 e. The monoisotopic (exact) mass is 334 g/mol. The molecule has 2 unspecified atom stereocenters. The van der Waals surface area contributed by atoms with Crippen LogP contribution >= 0.6 is 15.9 Å². The van der Waals surface area contributed by atoms with E-state index in [0.717, 1.165) is 12.8 Å². The molecule has 19 heavy (non-hydrogen) atoms. The van der Waals surface area contributed by atoms with E-state index in [9.17, 15) is 13.9 Å². The van der Waals surface area contributed by atoms with Crippen molar-refractivity contribution in [1.82, 2.24) is 0 Å². The van der Waals surface area contributed by atoms with Crippen LogP contribution in [0.5, 0.6) is 0 Å². The van der Waals surface area contributed by atoms with Crippen LogP contribution in [0.1, 0.15) is 25.3 Å². The second-order valence-electron chi connectivity index (χ2n) is 4.85. The van der Waals surface area contributed by atoms with Crippen LogP contribution in [0, 0.1) is 17.6 Å². The SMILES string of the molecule is CCOC(C(O)Cc1c(F)ccc(Br)c1F)C1CC1. The van der Waals surface area contributed by atoms with Gasteiger partial charge in [-0.25, -0.2) is 8.78 Å². The van der Waals surface area contributed by atoms with Gasteiger partial charge >= 0.3 is 0 Å². The first kappa shape index (κ1) is 14.9. The van der Waals surface area contributed by atoms with Crippen molar-refractivity contribution in [3.8, 4) is 0 Å². The molecule has 2 atom stereocenters. The van der Waals surface area contributed by atoms with Gasteiger partial charge in [0.15, 0.2) is 0 Å². The quantitative estimate of drug-likeness (QED) is 0.807. The fourth-order valence-electron chi connectivity index (χ4n) is 2.26. The van der Waals surface area contributed by atoms with Crippen molar-refractivity contribution >= 4 is 15.9 Å². The fraction of sp³-hybridized carbons (Fsp3) is 0.571. The van der Waals surface area contributed by atoms with E-state index < -0.39 is 17.7 Å². The highest BCUT2D eigenvalue weighted by molar-refractivity contribution is 9.10. The lowest BCUT2D eigenvalue weighted by Crippen LogP contribution is -2.33. The Bertz CT molecular complexity index is 449. The van der Waals surface area contributed by atoms with Gasteiger partial charge < -0.3 is 9.84 Å². The lowest BCUT2D eigenvalue weighted by atomic mass is 10.00. The van der Waals surface area contributed by atoms with Gasteiger partial charge in [0.05, 0.1) is 16.7 Å². The number of halogens is 3. The molecule has 0 radical (unpaired) electrons. The topological polar surface area (TPSA) is 29.5 Å². The normalized spacial score (nSPS) is 18.4. The number of hydrogen-bond donors (Lipinski definition) is 1. The predicted octanol–water partition coefficient (Wildman–Crippen LogP) is 3.45. The zero-order chi connectivity index (χ0) is 14.0. The molecule has 1 aliphatic carbocycles. The zero-order valence-electron chi connectivity index (χ0n) is 10.7. The van der Waals surface area contributed by atoms with E-state index >= 15 is 0 Å². The Labute approximate surface area is 119 Å². The van der Waals surface area contributed by atoms with Gasteiger partial charge in [-0.15, -0.1) is 0 Å². The minimum atomic E-state index is -0.884. The second kappa shape index (κ2) is 6.29. The summed E-state index contributed by atoms with van der Waals surface area (Å²) in [6.45, 7) is 2.34. The van der Waals surface area contributed by atoms with Crippen LogP contribution in [0.4, 0.5) is 8.78 Å². The van der Waals surface area contributed by atoms with E-state index in [1.165, 1.54) is 12.1 Å². The number of aliphatic hydroxyl groups is 1. The largest absolute Gasteiger partial charge is 0.390 e. The molecule has 0 bridgehead atoms. The van der Waals surface area contributed by atoms with E-state index in [-0.39, 0.29) is 22.6 Å². The summed E-state index contributed by atoms with van der Waals surface area (Å²) in [4.78, 5) is 0. The summed E-state index contributed by atoms with van der Waals surface area (Å²) in [5.74, 6) is -0.968. The van der Waals surface area contributed by atoms with Crippen LogP contribution < -0.4 is 0 Å². The minimum Gasteiger partial charge on any atom is -0.390 e. The molecule has 1 N–H and O–H groups in total. The molecule has 0 saturated heterocycles. The molecule has 1 saturated carbocycles. The number of benzene rings is 1. The molecule has 0 aromatic heterocycles. The van der Waals surface area contributed by atoms with E-state index in [4.69, 9.17) is 4.74 Å². The molecule has 0 heterocycles. The van der Waals surface area contributed by atoms with Gasteiger partial charge in [0, 0.05) is 18.6 Å². The van der Waals surface area contributed by atoms with Crippen LogP contribution in [-0.2, 0) is 11.2 Å². The standard InChI is InChI=1S/C14H17BrF2O2/c1-2-19-14(8-3-4-8)12(18)7-9-11(16)6-5-10(15)13(9)17/h5-6,8,12,14,18H,2-4,7H2,1H3. The average molecular weight is 335 g/mol. The highest BCUT2D eigenvalue weighted by Crippen LogP contribution is 2.37. The minimum absolute atomic E-state index is 0.0712. The van der Waals surface area contributed by atoms with Gasteiger partial charge in [-0.05, 0) is 53.7 Å². The summed E-state index contributed by atoms with van der Waals surface area (Å²) in [6, 6.07) is 2.52. The molecule has 1 aromatic carbocycles. The Hall–Kier alpha value is -0.520. The maximum atomic E-state index is 13.9. The van der Waals surface area contributed by atoms with Gasteiger partial charge in [-0.3, -0.25) is 0 Å². The van der Waals surface area contributed by atoms with Gasteiger partial charge in [-0.2, -0.15) is 0 Å². The van der Waals surface area contributed by atoms with Gasteiger partial charge in [0.2, 0.25) is 0 Å². The van der Waals surface area contributed by atoms with E-state index in [0.29, 0.717) is 12.5 Å². The summed E-state index contributed by atoms with van der Waals surface area (Å²) in [7, 11) is 0.